The quantitative estimate of drug-likeness (QED) is 0.907. The van der Waals surface area contributed by atoms with E-state index in [-0.39, 0.29) is 12.2 Å². The predicted molar refractivity (Wildman–Crippen MR) is 69.6 cm³/mol. The zero-order valence-electron chi connectivity index (χ0n) is 9.40. The average molecular weight is 297 g/mol. The third kappa shape index (κ3) is 2.35. The van der Waals surface area contributed by atoms with Crippen LogP contribution in [0.15, 0.2) is 33.5 Å². The lowest BCUT2D eigenvalue weighted by Gasteiger charge is -2.00. The van der Waals surface area contributed by atoms with Crippen molar-refractivity contribution in [2.45, 2.75) is 13.3 Å². The van der Waals surface area contributed by atoms with Gasteiger partial charge < -0.3 is 5.11 Å². The second kappa shape index (κ2) is 4.89. The Labute approximate surface area is 107 Å². The van der Waals surface area contributed by atoms with Crippen LogP contribution in [0, 0.1) is 6.92 Å². The van der Waals surface area contributed by atoms with Gasteiger partial charge in [-0.1, -0.05) is 15.9 Å². The first-order chi connectivity index (χ1) is 8.13. The fraction of sp³-hybridized carbons (Fsp3) is 0.250. The molecule has 5 heteroatoms. The Morgan fingerprint density at radius 2 is 2.00 bits per heavy atom. The minimum Gasteiger partial charge on any atom is -0.396 e. The Morgan fingerprint density at radius 3 is 2.59 bits per heavy atom. The van der Waals surface area contributed by atoms with Crippen molar-refractivity contribution < 1.29 is 5.11 Å². The molecule has 0 atom stereocenters. The molecule has 0 aliphatic carbocycles. The van der Waals surface area contributed by atoms with E-state index in [1.807, 2.05) is 31.2 Å². The van der Waals surface area contributed by atoms with Crippen molar-refractivity contribution in [2.24, 2.45) is 0 Å². The number of aryl methyl sites for hydroxylation is 1. The minimum atomic E-state index is -0.0983. The van der Waals surface area contributed by atoms with Gasteiger partial charge in [0.2, 0.25) is 0 Å². The summed E-state index contributed by atoms with van der Waals surface area (Å²) in [7, 11) is 0. The van der Waals surface area contributed by atoms with Crippen LogP contribution in [0.5, 0.6) is 0 Å². The second-order valence-electron chi connectivity index (χ2n) is 3.81. The highest BCUT2D eigenvalue weighted by molar-refractivity contribution is 9.10. The van der Waals surface area contributed by atoms with Gasteiger partial charge in [0, 0.05) is 28.8 Å². The van der Waals surface area contributed by atoms with Gasteiger partial charge in [-0.15, -0.1) is 0 Å². The largest absolute Gasteiger partial charge is 0.396 e. The number of hydrogen-bond donors (Lipinski definition) is 2. The van der Waals surface area contributed by atoms with Crippen molar-refractivity contribution in [3.05, 3.63) is 50.3 Å². The normalized spacial score (nSPS) is 10.8. The van der Waals surface area contributed by atoms with Crippen LogP contribution in [0.25, 0.3) is 5.69 Å². The van der Waals surface area contributed by atoms with Gasteiger partial charge in [0.25, 0.3) is 5.56 Å². The number of aromatic nitrogens is 2. The highest BCUT2D eigenvalue weighted by Crippen LogP contribution is 2.13. The summed E-state index contributed by atoms with van der Waals surface area (Å²) in [5, 5.41) is 11.9. The summed E-state index contributed by atoms with van der Waals surface area (Å²) in [4.78, 5) is 12.1. The Balaban J connectivity index is 2.50. The average Bonchev–Trinajstić information content (AvgIpc) is 2.59. The third-order valence-electron chi connectivity index (χ3n) is 2.64. The molecule has 0 amide bonds. The van der Waals surface area contributed by atoms with Crippen LogP contribution in [-0.4, -0.2) is 21.5 Å². The molecule has 17 heavy (non-hydrogen) atoms. The number of halogens is 1. The van der Waals surface area contributed by atoms with Crippen molar-refractivity contribution >= 4 is 15.9 Å². The first kappa shape index (κ1) is 12.1. The summed E-state index contributed by atoms with van der Waals surface area (Å²) in [6, 6.07) is 7.46. The summed E-state index contributed by atoms with van der Waals surface area (Å²) < 4.78 is 2.46. The highest BCUT2D eigenvalue weighted by Gasteiger charge is 2.11. The first-order valence-corrected chi connectivity index (χ1v) is 6.10. The van der Waals surface area contributed by atoms with E-state index in [2.05, 4.69) is 21.0 Å². The fourth-order valence-corrected chi connectivity index (χ4v) is 2.02. The van der Waals surface area contributed by atoms with Crippen molar-refractivity contribution in [1.82, 2.24) is 9.78 Å². The van der Waals surface area contributed by atoms with Crippen molar-refractivity contribution in [3.8, 4) is 5.69 Å². The van der Waals surface area contributed by atoms with E-state index in [4.69, 9.17) is 5.11 Å². The van der Waals surface area contributed by atoms with Gasteiger partial charge in [0.1, 0.15) is 0 Å². The van der Waals surface area contributed by atoms with Crippen LogP contribution < -0.4 is 5.56 Å². The topological polar surface area (TPSA) is 58.0 Å². The van der Waals surface area contributed by atoms with Crippen LogP contribution in [0.3, 0.4) is 0 Å². The molecule has 0 saturated carbocycles. The molecule has 0 aliphatic heterocycles. The van der Waals surface area contributed by atoms with Gasteiger partial charge in [-0.3, -0.25) is 9.89 Å². The van der Waals surface area contributed by atoms with Crippen molar-refractivity contribution in [1.29, 1.82) is 0 Å². The molecule has 0 bridgehead atoms. The van der Waals surface area contributed by atoms with Crippen LogP contribution in [-0.2, 0) is 6.42 Å². The Morgan fingerprint density at radius 1 is 1.35 bits per heavy atom. The third-order valence-corrected chi connectivity index (χ3v) is 3.17. The van der Waals surface area contributed by atoms with Crippen LogP contribution >= 0.6 is 15.9 Å². The summed E-state index contributed by atoms with van der Waals surface area (Å²) >= 11 is 3.35. The molecule has 0 radical (unpaired) electrons. The first-order valence-electron chi connectivity index (χ1n) is 5.31. The molecule has 4 nitrogen and oxygen atoms in total. The standard InChI is InChI=1S/C12H13BrN2O2/c1-8-11(6-7-16)12(17)15(14-8)10-4-2-9(13)3-5-10/h2-5,14,16H,6-7H2,1H3. The molecule has 2 N–H and O–H groups in total. The van der Waals surface area contributed by atoms with E-state index in [1.54, 1.807) is 0 Å². The van der Waals surface area contributed by atoms with Gasteiger partial charge in [-0.2, -0.15) is 0 Å². The zero-order chi connectivity index (χ0) is 12.4. The van der Waals surface area contributed by atoms with Crippen LogP contribution in [0.4, 0.5) is 0 Å². The predicted octanol–water partition coefficient (Wildman–Crippen LogP) is 1.77. The van der Waals surface area contributed by atoms with Crippen LogP contribution in [0.2, 0.25) is 0 Å². The molecule has 1 aromatic carbocycles. The van der Waals surface area contributed by atoms with E-state index in [0.717, 1.165) is 15.9 Å². The van der Waals surface area contributed by atoms with Gasteiger partial charge in [-0.05, 0) is 31.2 Å². The molecule has 1 heterocycles. The smallest absolute Gasteiger partial charge is 0.274 e. The second-order valence-corrected chi connectivity index (χ2v) is 4.72. The number of aromatic amines is 1. The number of rotatable bonds is 3. The summed E-state index contributed by atoms with van der Waals surface area (Å²) in [5.41, 5.74) is 2.12. The van der Waals surface area contributed by atoms with Crippen LogP contribution in [0.1, 0.15) is 11.3 Å². The maximum atomic E-state index is 12.1. The number of nitrogens with zero attached hydrogens (tertiary/aromatic N) is 1. The maximum Gasteiger partial charge on any atom is 0.274 e. The van der Waals surface area contributed by atoms with Gasteiger partial charge in [0.05, 0.1) is 5.69 Å². The maximum absolute atomic E-state index is 12.1. The van der Waals surface area contributed by atoms with Crippen molar-refractivity contribution in [3.63, 3.8) is 0 Å². The Kier molecular flexibility index (Phi) is 3.49. The SMILES string of the molecule is Cc1[nH]n(-c2ccc(Br)cc2)c(=O)c1CCO. The number of nitrogens with one attached hydrogen (secondary N) is 1. The van der Waals surface area contributed by atoms with E-state index in [9.17, 15) is 4.79 Å². The molecule has 0 unspecified atom stereocenters. The fourth-order valence-electron chi connectivity index (χ4n) is 1.76. The highest BCUT2D eigenvalue weighted by atomic mass is 79.9. The molecule has 0 spiro atoms. The van der Waals surface area contributed by atoms with E-state index < -0.39 is 0 Å². The molecular weight excluding hydrogens is 284 g/mol. The number of aliphatic hydroxyl groups excluding tert-OH is 1. The van der Waals surface area contributed by atoms with Gasteiger partial charge in [-0.25, -0.2) is 4.68 Å². The number of H-pyrrole nitrogens is 1. The molecular formula is C12H13BrN2O2. The molecule has 0 fully saturated rings. The van der Waals surface area contributed by atoms with Gasteiger partial charge >= 0.3 is 0 Å². The summed E-state index contributed by atoms with van der Waals surface area (Å²) in [5.74, 6) is 0. The Bertz CT molecular complexity index is 569. The number of aliphatic hydroxyl groups is 1. The number of hydrogen-bond acceptors (Lipinski definition) is 2. The monoisotopic (exact) mass is 296 g/mol. The molecule has 2 rings (SSSR count). The summed E-state index contributed by atoms with van der Waals surface area (Å²) in [6.07, 6.45) is 0.380. The zero-order valence-corrected chi connectivity index (χ0v) is 11.0. The molecule has 90 valence electrons. The lowest BCUT2D eigenvalue weighted by atomic mass is 10.2. The molecule has 0 aliphatic rings. The van der Waals surface area contributed by atoms with Gasteiger partial charge in [0.15, 0.2) is 0 Å². The summed E-state index contributed by atoms with van der Waals surface area (Å²) in [6.45, 7) is 1.82. The molecule has 0 saturated heterocycles. The van der Waals surface area contributed by atoms with E-state index in [1.165, 1.54) is 4.68 Å². The Hall–Kier alpha value is -1.33. The number of benzene rings is 1. The lowest BCUT2D eigenvalue weighted by molar-refractivity contribution is 0.299. The molecule has 2 aromatic rings. The molecule has 1 aromatic heterocycles. The van der Waals surface area contributed by atoms with E-state index in [0.29, 0.717) is 12.0 Å². The van der Waals surface area contributed by atoms with Crippen molar-refractivity contribution in [2.75, 3.05) is 6.61 Å². The minimum absolute atomic E-state index is 0.0196. The lowest BCUT2D eigenvalue weighted by Crippen LogP contribution is -2.17. The van der Waals surface area contributed by atoms with E-state index >= 15 is 0 Å².